The summed E-state index contributed by atoms with van der Waals surface area (Å²) in [4.78, 5) is 26.1. The molecule has 3 fully saturated rings. The molecule has 3 saturated carbocycles. The molecule has 0 saturated heterocycles. The molecule has 0 aromatic heterocycles. The van der Waals surface area contributed by atoms with Crippen molar-refractivity contribution in [2.24, 2.45) is 46.3 Å². The van der Waals surface area contributed by atoms with Gasteiger partial charge in [-0.05, 0) is 118 Å². The summed E-state index contributed by atoms with van der Waals surface area (Å²) in [5.41, 5.74) is 1.56. The average molecular weight is 607 g/mol. The smallest absolute Gasteiger partial charge is 0.458 e. The van der Waals surface area contributed by atoms with E-state index in [0.717, 1.165) is 25.2 Å². The third-order valence-corrected chi connectivity index (χ3v) is 12.2. The molecule has 9 atom stereocenters. The molecule has 0 radical (unpaired) electrons. The maximum Gasteiger partial charge on any atom is 0.509 e. The van der Waals surface area contributed by atoms with Crippen LogP contribution in [-0.2, 0) is 14.2 Å². The number of hydrogen-bond acceptors (Lipinski definition) is 5. The summed E-state index contributed by atoms with van der Waals surface area (Å²) in [6, 6.07) is 9.26. The average Bonchev–Trinajstić information content (AvgIpc) is 3.30. The maximum absolute atomic E-state index is 13.2. The van der Waals surface area contributed by atoms with Gasteiger partial charge in [-0.15, -0.1) is 0 Å². The van der Waals surface area contributed by atoms with Crippen LogP contribution in [0.15, 0.2) is 42.0 Å². The van der Waals surface area contributed by atoms with Crippen LogP contribution < -0.4 is 0 Å². The SMILES string of the molecule is CC(C)CCCC(C)C1CCC2C3C(OC(=O)OC(C)(C)C)C=C4CC(OC(=O)c5ccccc5)CCC4(C)C3CCC12C. The van der Waals surface area contributed by atoms with Crippen molar-refractivity contribution >= 4 is 12.1 Å². The van der Waals surface area contributed by atoms with Gasteiger partial charge < -0.3 is 14.2 Å². The second kappa shape index (κ2) is 12.8. The summed E-state index contributed by atoms with van der Waals surface area (Å²) < 4.78 is 18.1. The molecule has 0 N–H and O–H groups in total. The van der Waals surface area contributed by atoms with Crippen molar-refractivity contribution in [3.8, 4) is 0 Å². The van der Waals surface area contributed by atoms with Gasteiger partial charge in [0.1, 0.15) is 17.8 Å². The second-order valence-corrected chi connectivity index (χ2v) is 16.6. The first-order chi connectivity index (χ1) is 20.7. The fourth-order valence-corrected chi connectivity index (χ4v) is 10.0. The highest BCUT2D eigenvalue weighted by molar-refractivity contribution is 5.89. The minimum Gasteiger partial charge on any atom is -0.458 e. The topological polar surface area (TPSA) is 61.8 Å². The zero-order valence-electron chi connectivity index (χ0n) is 28.7. The molecule has 0 aliphatic heterocycles. The van der Waals surface area contributed by atoms with Gasteiger partial charge in [0.25, 0.3) is 0 Å². The van der Waals surface area contributed by atoms with Crippen LogP contribution in [-0.4, -0.2) is 29.9 Å². The third kappa shape index (κ3) is 6.77. The monoisotopic (exact) mass is 606 g/mol. The van der Waals surface area contributed by atoms with E-state index in [1.807, 2.05) is 51.1 Å². The number of carbonyl (C=O) groups excluding carboxylic acids is 2. The summed E-state index contributed by atoms with van der Waals surface area (Å²) in [7, 11) is 0. The lowest BCUT2D eigenvalue weighted by Crippen LogP contribution is -2.56. The molecule has 44 heavy (non-hydrogen) atoms. The van der Waals surface area contributed by atoms with Gasteiger partial charge in [-0.3, -0.25) is 0 Å². The van der Waals surface area contributed by atoms with E-state index in [2.05, 4.69) is 40.7 Å². The normalized spacial score (nSPS) is 35.5. The van der Waals surface area contributed by atoms with Crippen molar-refractivity contribution in [3.05, 3.63) is 47.5 Å². The molecule has 1 aromatic carbocycles. The van der Waals surface area contributed by atoms with E-state index < -0.39 is 11.8 Å². The first-order valence-corrected chi connectivity index (χ1v) is 17.6. The summed E-state index contributed by atoms with van der Waals surface area (Å²) >= 11 is 0. The van der Waals surface area contributed by atoms with Gasteiger partial charge in [0.05, 0.1) is 5.56 Å². The minimum atomic E-state index is -0.612. The van der Waals surface area contributed by atoms with Crippen LogP contribution in [0.5, 0.6) is 0 Å². The van der Waals surface area contributed by atoms with Gasteiger partial charge in [0, 0.05) is 12.3 Å². The molecule has 244 valence electrons. The summed E-state index contributed by atoms with van der Waals surface area (Å²) in [6.45, 7) is 17.8. The van der Waals surface area contributed by atoms with E-state index in [9.17, 15) is 9.59 Å². The quantitative estimate of drug-likeness (QED) is 0.218. The zero-order valence-corrected chi connectivity index (χ0v) is 28.7. The Morgan fingerprint density at radius 1 is 0.909 bits per heavy atom. The summed E-state index contributed by atoms with van der Waals surface area (Å²) in [5.74, 6) is 3.17. The Morgan fingerprint density at radius 2 is 1.64 bits per heavy atom. The Hall–Kier alpha value is -2.30. The molecule has 0 spiro atoms. The van der Waals surface area contributed by atoms with Crippen LogP contribution in [0.25, 0.3) is 0 Å². The van der Waals surface area contributed by atoms with Crippen LogP contribution in [0.1, 0.15) is 130 Å². The summed E-state index contributed by atoms with van der Waals surface area (Å²) in [6.07, 6.45) is 12.6. The molecule has 4 aliphatic carbocycles. The van der Waals surface area contributed by atoms with E-state index in [1.165, 1.54) is 44.1 Å². The van der Waals surface area contributed by atoms with E-state index in [1.54, 1.807) is 0 Å². The Morgan fingerprint density at radius 3 is 2.32 bits per heavy atom. The van der Waals surface area contributed by atoms with Crippen molar-refractivity contribution < 1.29 is 23.8 Å². The fourth-order valence-electron chi connectivity index (χ4n) is 10.0. The highest BCUT2D eigenvalue weighted by atomic mass is 16.7. The minimum absolute atomic E-state index is 0.0242. The van der Waals surface area contributed by atoms with Gasteiger partial charge >= 0.3 is 12.1 Å². The Balaban J connectivity index is 1.40. The molecular formula is C39H58O5. The Bertz CT molecular complexity index is 1200. The lowest BCUT2D eigenvalue weighted by Gasteiger charge is -2.59. The molecule has 0 heterocycles. The molecule has 9 unspecified atom stereocenters. The van der Waals surface area contributed by atoms with Crippen molar-refractivity contribution in [1.29, 1.82) is 0 Å². The van der Waals surface area contributed by atoms with Crippen LogP contribution in [0.4, 0.5) is 4.79 Å². The van der Waals surface area contributed by atoms with Gasteiger partial charge in [-0.25, -0.2) is 9.59 Å². The highest BCUT2D eigenvalue weighted by Gasteiger charge is 2.62. The number of carbonyl (C=O) groups is 2. The van der Waals surface area contributed by atoms with Crippen molar-refractivity contribution in [1.82, 2.24) is 0 Å². The Kier molecular flexibility index (Phi) is 9.65. The molecule has 0 amide bonds. The summed E-state index contributed by atoms with van der Waals surface area (Å²) in [5, 5.41) is 0. The van der Waals surface area contributed by atoms with E-state index >= 15 is 0 Å². The maximum atomic E-state index is 13.2. The number of rotatable bonds is 8. The number of fused-ring (bicyclic) bond motifs is 5. The molecule has 0 bridgehead atoms. The Labute approximate surface area is 266 Å². The van der Waals surface area contributed by atoms with Crippen LogP contribution in [0.3, 0.4) is 0 Å². The van der Waals surface area contributed by atoms with Crippen molar-refractivity contribution in [2.75, 3.05) is 0 Å². The first kappa shape index (κ1) is 33.1. The third-order valence-electron chi connectivity index (χ3n) is 12.2. The molecule has 5 rings (SSSR count). The van der Waals surface area contributed by atoms with Crippen molar-refractivity contribution in [3.63, 3.8) is 0 Å². The second-order valence-electron chi connectivity index (χ2n) is 16.6. The van der Waals surface area contributed by atoms with Crippen LogP contribution >= 0.6 is 0 Å². The van der Waals surface area contributed by atoms with E-state index in [-0.39, 0.29) is 34.9 Å². The number of hydrogen-bond donors (Lipinski definition) is 0. The lowest BCUT2D eigenvalue weighted by molar-refractivity contribution is -0.113. The number of esters is 1. The molecule has 4 aliphatic rings. The van der Waals surface area contributed by atoms with Gasteiger partial charge in [-0.1, -0.05) is 77.7 Å². The molecule has 5 heteroatoms. The van der Waals surface area contributed by atoms with Crippen molar-refractivity contribution in [2.45, 2.75) is 137 Å². The van der Waals surface area contributed by atoms with Crippen LogP contribution in [0.2, 0.25) is 0 Å². The largest absolute Gasteiger partial charge is 0.509 e. The van der Waals surface area contributed by atoms with Gasteiger partial charge in [0.15, 0.2) is 0 Å². The number of ether oxygens (including phenoxy) is 3. The molecule has 1 aromatic rings. The molecular weight excluding hydrogens is 548 g/mol. The van der Waals surface area contributed by atoms with E-state index in [0.29, 0.717) is 35.7 Å². The predicted octanol–water partition coefficient (Wildman–Crippen LogP) is 10.2. The van der Waals surface area contributed by atoms with Gasteiger partial charge in [-0.2, -0.15) is 0 Å². The predicted molar refractivity (Wildman–Crippen MR) is 175 cm³/mol. The lowest BCUT2D eigenvalue weighted by atomic mass is 9.46. The van der Waals surface area contributed by atoms with Gasteiger partial charge in [0.2, 0.25) is 0 Å². The fraction of sp³-hybridized carbons (Fsp3) is 0.744. The number of benzene rings is 1. The zero-order chi connectivity index (χ0) is 31.9. The van der Waals surface area contributed by atoms with E-state index in [4.69, 9.17) is 14.2 Å². The molecule has 5 nitrogen and oxygen atoms in total. The highest BCUT2D eigenvalue weighted by Crippen LogP contribution is 2.67. The first-order valence-electron chi connectivity index (χ1n) is 17.6. The van der Waals surface area contributed by atoms with Crippen LogP contribution in [0, 0.1) is 46.3 Å². The standard InChI is InChI=1S/C39H58O5/c1-25(2)13-12-14-26(3)30-17-18-31-34-32(20-22-39(30,31)8)38(7)21-19-29(42-35(40)27-15-10-9-11-16-27)23-28(38)24-33(34)43-36(41)44-37(4,5)6/h9-11,15-16,24-26,29-34H,12-14,17-23H2,1-8H3.